The first-order valence-corrected chi connectivity index (χ1v) is 10.1. The Morgan fingerprint density at radius 3 is 2.33 bits per heavy atom. The molecule has 3 rings (SSSR count). The van der Waals surface area contributed by atoms with E-state index >= 15 is 0 Å². The molecule has 0 saturated carbocycles. The Morgan fingerprint density at radius 2 is 1.70 bits per heavy atom. The molecular formula is C21H25N3O2S. The van der Waals surface area contributed by atoms with Crippen LogP contribution in [-0.2, 0) is 4.79 Å². The fraction of sp³-hybridized carbons (Fsp3) is 0.381. The summed E-state index contributed by atoms with van der Waals surface area (Å²) in [5, 5.41) is 1.48. The third-order valence-electron chi connectivity index (χ3n) is 4.31. The van der Waals surface area contributed by atoms with E-state index in [4.69, 9.17) is 9.40 Å². The van der Waals surface area contributed by atoms with Crippen LogP contribution in [-0.4, -0.2) is 38.1 Å². The molecule has 0 aliphatic rings. The summed E-state index contributed by atoms with van der Waals surface area (Å²) in [6.45, 7) is 10.1. The number of para-hydroxylation sites is 1. The molecule has 0 radical (unpaired) electrons. The second kappa shape index (κ2) is 8.13. The van der Waals surface area contributed by atoms with Crippen LogP contribution >= 0.6 is 11.8 Å². The minimum Gasteiger partial charge on any atom is -0.461 e. The highest BCUT2D eigenvalue weighted by Crippen LogP contribution is 2.32. The van der Waals surface area contributed by atoms with Crippen LogP contribution in [0.3, 0.4) is 0 Å². The molecule has 6 heteroatoms. The van der Waals surface area contributed by atoms with Crippen molar-refractivity contribution in [2.75, 3.05) is 0 Å². The van der Waals surface area contributed by atoms with Gasteiger partial charge in [-0.25, -0.2) is 9.97 Å². The van der Waals surface area contributed by atoms with Crippen molar-refractivity contribution < 1.29 is 9.21 Å². The molecule has 3 aromatic rings. The lowest BCUT2D eigenvalue weighted by Gasteiger charge is -2.32. The maximum atomic E-state index is 13.0. The highest BCUT2D eigenvalue weighted by atomic mass is 32.2. The first kappa shape index (κ1) is 19.4. The van der Waals surface area contributed by atoms with Crippen molar-refractivity contribution in [3.8, 4) is 11.6 Å². The standard InChI is InChI=1S/C21H25N3O2S/c1-13(2)24(14(3)4)21(25)15(5)27-20-16-9-6-7-10-17(16)22-19(23-20)18-11-8-12-26-18/h6-15H,1-5H3/t15-/m1/s1. The van der Waals surface area contributed by atoms with Gasteiger partial charge in [0.05, 0.1) is 17.0 Å². The van der Waals surface area contributed by atoms with Gasteiger partial charge < -0.3 is 9.32 Å². The predicted molar refractivity (Wildman–Crippen MR) is 110 cm³/mol. The minimum atomic E-state index is -0.252. The Labute approximate surface area is 164 Å². The zero-order chi connectivity index (χ0) is 19.6. The monoisotopic (exact) mass is 383 g/mol. The first-order valence-electron chi connectivity index (χ1n) is 9.18. The summed E-state index contributed by atoms with van der Waals surface area (Å²) in [7, 11) is 0. The number of carbonyl (C=O) groups excluding carboxylic acids is 1. The van der Waals surface area contributed by atoms with E-state index in [2.05, 4.69) is 4.98 Å². The summed E-state index contributed by atoms with van der Waals surface area (Å²) in [5.41, 5.74) is 0.839. The van der Waals surface area contributed by atoms with E-state index in [1.54, 1.807) is 6.26 Å². The van der Waals surface area contributed by atoms with Crippen molar-refractivity contribution in [3.63, 3.8) is 0 Å². The molecule has 142 valence electrons. The van der Waals surface area contributed by atoms with E-state index in [1.165, 1.54) is 11.8 Å². The molecule has 0 spiro atoms. The van der Waals surface area contributed by atoms with Gasteiger partial charge in [-0.1, -0.05) is 30.0 Å². The Morgan fingerprint density at radius 1 is 1.00 bits per heavy atom. The molecular weight excluding hydrogens is 358 g/mol. The number of thioether (sulfide) groups is 1. The maximum Gasteiger partial charge on any atom is 0.236 e. The number of aromatic nitrogens is 2. The molecule has 0 unspecified atom stereocenters. The van der Waals surface area contributed by atoms with Crippen LogP contribution < -0.4 is 0 Å². The van der Waals surface area contributed by atoms with Crippen LogP contribution in [0, 0.1) is 0 Å². The number of nitrogens with zero attached hydrogens (tertiary/aromatic N) is 3. The summed E-state index contributed by atoms with van der Waals surface area (Å²) < 4.78 is 5.47. The molecule has 0 fully saturated rings. The molecule has 1 amide bonds. The molecule has 2 heterocycles. The summed E-state index contributed by atoms with van der Waals surface area (Å²) in [6, 6.07) is 11.8. The molecule has 0 saturated heterocycles. The average Bonchev–Trinajstić information content (AvgIpc) is 3.15. The minimum absolute atomic E-state index is 0.118. The van der Waals surface area contributed by atoms with Gasteiger partial charge >= 0.3 is 0 Å². The Bertz CT molecular complexity index is 914. The average molecular weight is 384 g/mol. The van der Waals surface area contributed by atoms with Crippen LogP contribution in [0.4, 0.5) is 0 Å². The third kappa shape index (κ3) is 4.16. The van der Waals surface area contributed by atoms with Crippen LogP contribution in [0.25, 0.3) is 22.5 Å². The SMILES string of the molecule is CC(C)N(C(=O)[C@@H](C)Sc1nc(-c2ccco2)nc2ccccc12)C(C)C. The number of rotatable bonds is 6. The number of benzene rings is 1. The number of fused-ring (bicyclic) bond motifs is 1. The Hall–Kier alpha value is -2.34. The summed E-state index contributed by atoms with van der Waals surface area (Å²) in [4.78, 5) is 24.3. The number of hydrogen-bond acceptors (Lipinski definition) is 5. The van der Waals surface area contributed by atoms with Gasteiger partial charge in [0.25, 0.3) is 0 Å². The molecule has 1 aromatic carbocycles. The molecule has 27 heavy (non-hydrogen) atoms. The number of amides is 1. The number of carbonyl (C=O) groups is 1. The van der Waals surface area contributed by atoms with Crippen molar-refractivity contribution >= 4 is 28.6 Å². The van der Waals surface area contributed by atoms with E-state index in [9.17, 15) is 4.79 Å². The quantitative estimate of drug-likeness (QED) is 0.442. The van der Waals surface area contributed by atoms with Gasteiger partial charge in [-0.3, -0.25) is 4.79 Å². The van der Waals surface area contributed by atoms with Gasteiger partial charge in [0.1, 0.15) is 5.03 Å². The van der Waals surface area contributed by atoms with Gasteiger partial charge in [-0.15, -0.1) is 0 Å². The lowest BCUT2D eigenvalue weighted by Crippen LogP contribution is -2.45. The zero-order valence-electron chi connectivity index (χ0n) is 16.3. The lowest BCUT2D eigenvalue weighted by molar-refractivity contribution is -0.133. The molecule has 1 atom stereocenters. The van der Waals surface area contributed by atoms with Gasteiger partial charge in [0.15, 0.2) is 11.6 Å². The molecule has 5 nitrogen and oxygen atoms in total. The molecule has 0 aliphatic heterocycles. The topological polar surface area (TPSA) is 59.2 Å². The predicted octanol–water partition coefficient (Wildman–Crippen LogP) is 5.02. The van der Waals surface area contributed by atoms with E-state index in [1.807, 2.05) is 75.9 Å². The van der Waals surface area contributed by atoms with Crippen molar-refractivity contribution in [2.45, 2.75) is 57.0 Å². The Kier molecular flexibility index (Phi) is 5.85. The number of hydrogen-bond donors (Lipinski definition) is 0. The fourth-order valence-electron chi connectivity index (χ4n) is 3.19. The molecule has 0 N–H and O–H groups in total. The smallest absolute Gasteiger partial charge is 0.236 e. The zero-order valence-corrected chi connectivity index (χ0v) is 17.2. The lowest BCUT2D eigenvalue weighted by atomic mass is 10.2. The summed E-state index contributed by atoms with van der Waals surface area (Å²) in [5.74, 6) is 1.27. The Balaban J connectivity index is 1.97. The fourth-order valence-corrected chi connectivity index (χ4v) is 4.18. The molecule has 0 aliphatic carbocycles. The van der Waals surface area contributed by atoms with Crippen molar-refractivity contribution in [2.24, 2.45) is 0 Å². The van der Waals surface area contributed by atoms with Crippen molar-refractivity contribution in [3.05, 3.63) is 42.7 Å². The van der Waals surface area contributed by atoms with Crippen molar-refractivity contribution in [1.29, 1.82) is 0 Å². The van der Waals surface area contributed by atoms with Crippen LogP contribution in [0.5, 0.6) is 0 Å². The van der Waals surface area contributed by atoms with E-state index in [0.717, 1.165) is 15.9 Å². The van der Waals surface area contributed by atoms with Gasteiger partial charge in [-0.2, -0.15) is 0 Å². The van der Waals surface area contributed by atoms with Gasteiger partial charge in [0, 0.05) is 17.5 Å². The van der Waals surface area contributed by atoms with Crippen LogP contribution in [0.2, 0.25) is 0 Å². The van der Waals surface area contributed by atoms with E-state index in [0.29, 0.717) is 11.6 Å². The second-order valence-electron chi connectivity index (χ2n) is 7.04. The summed E-state index contributed by atoms with van der Waals surface area (Å²) >= 11 is 1.47. The van der Waals surface area contributed by atoms with Crippen molar-refractivity contribution in [1.82, 2.24) is 14.9 Å². The van der Waals surface area contributed by atoms with Gasteiger partial charge in [0.2, 0.25) is 5.91 Å². The first-order chi connectivity index (χ1) is 12.9. The van der Waals surface area contributed by atoms with Crippen LogP contribution in [0.15, 0.2) is 52.1 Å². The highest BCUT2D eigenvalue weighted by molar-refractivity contribution is 8.00. The van der Waals surface area contributed by atoms with Crippen LogP contribution in [0.1, 0.15) is 34.6 Å². The molecule has 0 bridgehead atoms. The second-order valence-corrected chi connectivity index (χ2v) is 8.37. The summed E-state index contributed by atoms with van der Waals surface area (Å²) in [6.07, 6.45) is 1.61. The van der Waals surface area contributed by atoms with Gasteiger partial charge in [-0.05, 0) is 52.8 Å². The normalized spacial score (nSPS) is 12.7. The largest absolute Gasteiger partial charge is 0.461 e. The molecule has 2 aromatic heterocycles. The van der Waals surface area contributed by atoms with E-state index in [-0.39, 0.29) is 23.2 Å². The third-order valence-corrected chi connectivity index (χ3v) is 5.40. The van der Waals surface area contributed by atoms with E-state index < -0.39 is 0 Å². The number of furan rings is 1. The highest BCUT2D eigenvalue weighted by Gasteiger charge is 2.27. The maximum absolute atomic E-state index is 13.0.